The predicted octanol–water partition coefficient (Wildman–Crippen LogP) is 0.523. The molecular weight excluding hydrogens is 206 g/mol. The van der Waals surface area contributed by atoms with Gasteiger partial charge < -0.3 is 10.1 Å². The lowest BCUT2D eigenvalue weighted by molar-refractivity contribution is 0.113. The quantitative estimate of drug-likeness (QED) is 0.733. The largest absolute Gasteiger partial charge is 0.380 e. The van der Waals surface area contributed by atoms with Crippen molar-refractivity contribution in [1.82, 2.24) is 25.5 Å². The highest BCUT2D eigenvalue weighted by atomic mass is 16.5. The van der Waals surface area contributed by atoms with Crippen LogP contribution in [0.4, 0.5) is 0 Å². The van der Waals surface area contributed by atoms with Crippen molar-refractivity contribution in [3.05, 3.63) is 5.82 Å². The molecule has 1 aromatic heterocycles. The van der Waals surface area contributed by atoms with E-state index < -0.39 is 0 Å². The summed E-state index contributed by atoms with van der Waals surface area (Å²) in [5.74, 6) is 0.888. The van der Waals surface area contributed by atoms with Crippen molar-refractivity contribution in [3.63, 3.8) is 0 Å². The van der Waals surface area contributed by atoms with Crippen LogP contribution >= 0.6 is 0 Å². The highest BCUT2D eigenvalue weighted by Crippen LogP contribution is 2.19. The van der Waals surface area contributed by atoms with E-state index in [4.69, 9.17) is 4.74 Å². The number of aromatic nitrogens is 4. The Hall–Kier alpha value is -1.01. The van der Waals surface area contributed by atoms with Gasteiger partial charge in [-0.15, -0.1) is 5.10 Å². The van der Waals surface area contributed by atoms with E-state index in [2.05, 4.69) is 27.8 Å². The van der Waals surface area contributed by atoms with Gasteiger partial charge in [0, 0.05) is 12.6 Å². The van der Waals surface area contributed by atoms with Crippen LogP contribution in [0.15, 0.2) is 0 Å². The lowest BCUT2D eigenvalue weighted by Gasteiger charge is -2.13. The molecule has 0 saturated heterocycles. The van der Waals surface area contributed by atoms with Crippen LogP contribution in [0.5, 0.6) is 0 Å². The average molecular weight is 225 g/mol. The Balaban J connectivity index is 1.88. The van der Waals surface area contributed by atoms with Crippen LogP contribution in [0, 0.1) is 0 Å². The van der Waals surface area contributed by atoms with E-state index in [1.165, 1.54) is 12.8 Å². The molecule has 2 rings (SSSR count). The van der Waals surface area contributed by atoms with Crippen molar-refractivity contribution < 1.29 is 4.74 Å². The third-order valence-electron chi connectivity index (χ3n) is 2.67. The summed E-state index contributed by atoms with van der Waals surface area (Å²) in [5, 5.41) is 15.2. The van der Waals surface area contributed by atoms with Crippen LogP contribution in [0.25, 0.3) is 0 Å². The monoisotopic (exact) mass is 225 g/mol. The van der Waals surface area contributed by atoms with Crippen molar-refractivity contribution in [3.8, 4) is 0 Å². The van der Waals surface area contributed by atoms with E-state index >= 15 is 0 Å². The zero-order valence-corrected chi connectivity index (χ0v) is 9.89. The van der Waals surface area contributed by atoms with Gasteiger partial charge in [0.1, 0.15) is 0 Å². The Morgan fingerprint density at radius 3 is 3.06 bits per heavy atom. The zero-order valence-electron chi connectivity index (χ0n) is 9.89. The molecule has 1 atom stereocenters. The van der Waals surface area contributed by atoms with E-state index in [0.717, 1.165) is 19.0 Å². The molecule has 1 aromatic rings. The molecule has 1 unspecified atom stereocenters. The summed E-state index contributed by atoms with van der Waals surface area (Å²) >= 11 is 0. The summed E-state index contributed by atoms with van der Waals surface area (Å²) in [6, 6.07) is 0.860. The standard InChI is InChI=1S/C10H19N5O/c1-3-16-7-8(2)15-10(12-13-14-15)6-11-9-4-5-9/h8-9,11H,3-7H2,1-2H3. The van der Waals surface area contributed by atoms with Gasteiger partial charge in [0.2, 0.25) is 0 Å². The van der Waals surface area contributed by atoms with Crippen LogP contribution in [0.3, 0.4) is 0 Å². The highest BCUT2D eigenvalue weighted by Gasteiger charge is 2.22. The molecular formula is C10H19N5O. The number of hydrogen-bond acceptors (Lipinski definition) is 5. The smallest absolute Gasteiger partial charge is 0.165 e. The van der Waals surface area contributed by atoms with Gasteiger partial charge in [-0.25, -0.2) is 4.68 Å². The Morgan fingerprint density at radius 1 is 1.56 bits per heavy atom. The van der Waals surface area contributed by atoms with Crippen LogP contribution < -0.4 is 5.32 Å². The van der Waals surface area contributed by atoms with E-state index in [1.54, 1.807) is 0 Å². The van der Waals surface area contributed by atoms with Crippen molar-refractivity contribution in [2.75, 3.05) is 13.2 Å². The van der Waals surface area contributed by atoms with Gasteiger partial charge in [-0.2, -0.15) is 0 Å². The summed E-state index contributed by atoms with van der Waals surface area (Å²) in [7, 11) is 0. The number of tetrazole rings is 1. The van der Waals surface area contributed by atoms with Gasteiger partial charge >= 0.3 is 0 Å². The molecule has 90 valence electrons. The minimum Gasteiger partial charge on any atom is -0.380 e. The van der Waals surface area contributed by atoms with Crippen molar-refractivity contribution >= 4 is 0 Å². The molecule has 6 nitrogen and oxygen atoms in total. The van der Waals surface area contributed by atoms with E-state index in [9.17, 15) is 0 Å². The first-order valence-electron chi connectivity index (χ1n) is 5.89. The normalized spacial score (nSPS) is 17.6. The van der Waals surface area contributed by atoms with Crippen LogP contribution in [-0.4, -0.2) is 39.5 Å². The Labute approximate surface area is 95.4 Å². The fourth-order valence-electron chi connectivity index (χ4n) is 1.55. The van der Waals surface area contributed by atoms with Gasteiger partial charge in [0.15, 0.2) is 5.82 Å². The number of nitrogens with one attached hydrogen (secondary N) is 1. The molecule has 0 aliphatic heterocycles. The first-order chi connectivity index (χ1) is 7.81. The third kappa shape index (κ3) is 2.99. The zero-order chi connectivity index (χ0) is 11.4. The molecule has 0 radical (unpaired) electrons. The number of nitrogens with zero attached hydrogens (tertiary/aromatic N) is 4. The van der Waals surface area contributed by atoms with Crippen molar-refractivity contribution in [2.45, 2.75) is 45.3 Å². The Kier molecular flexibility index (Phi) is 3.84. The van der Waals surface area contributed by atoms with Gasteiger partial charge in [-0.3, -0.25) is 0 Å². The third-order valence-corrected chi connectivity index (χ3v) is 2.67. The van der Waals surface area contributed by atoms with Gasteiger partial charge in [0.25, 0.3) is 0 Å². The maximum Gasteiger partial charge on any atom is 0.165 e. The predicted molar refractivity (Wildman–Crippen MR) is 58.9 cm³/mol. The molecule has 1 aliphatic rings. The number of rotatable bonds is 7. The van der Waals surface area contributed by atoms with Gasteiger partial charge in [0.05, 0.1) is 19.2 Å². The van der Waals surface area contributed by atoms with Gasteiger partial charge in [-0.1, -0.05) is 0 Å². The SMILES string of the molecule is CCOCC(C)n1nnnc1CNC1CC1. The van der Waals surface area contributed by atoms with E-state index in [-0.39, 0.29) is 6.04 Å². The molecule has 0 aromatic carbocycles. The Morgan fingerprint density at radius 2 is 2.38 bits per heavy atom. The highest BCUT2D eigenvalue weighted by molar-refractivity contribution is 4.88. The molecule has 1 fully saturated rings. The summed E-state index contributed by atoms with van der Waals surface area (Å²) in [5.41, 5.74) is 0. The number of hydrogen-bond donors (Lipinski definition) is 1. The van der Waals surface area contributed by atoms with E-state index in [0.29, 0.717) is 12.6 Å². The van der Waals surface area contributed by atoms with Crippen LogP contribution in [0.2, 0.25) is 0 Å². The molecule has 1 heterocycles. The summed E-state index contributed by atoms with van der Waals surface area (Å²) in [6.45, 7) is 6.17. The second-order valence-electron chi connectivity index (χ2n) is 4.20. The number of ether oxygens (including phenoxy) is 1. The average Bonchev–Trinajstić information content (AvgIpc) is 3.00. The molecule has 1 N–H and O–H groups in total. The van der Waals surface area contributed by atoms with Crippen molar-refractivity contribution in [1.29, 1.82) is 0 Å². The molecule has 1 saturated carbocycles. The van der Waals surface area contributed by atoms with Crippen molar-refractivity contribution in [2.24, 2.45) is 0 Å². The minimum atomic E-state index is 0.186. The van der Waals surface area contributed by atoms with Crippen LogP contribution in [-0.2, 0) is 11.3 Å². The lowest BCUT2D eigenvalue weighted by atomic mass is 10.3. The molecule has 0 amide bonds. The summed E-state index contributed by atoms with van der Waals surface area (Å²) < 4.78 is 7.21. The molecule has 1 aliphatic carbocycles. The molecule has 16 heavy (non-hydrogen) atoms. The lowest BCUT2D eigenvalue weighted by Crippen LogP contribution is -2.22. The molecule has 0 spiro atoms. The second kappa shape index (κ2) is 5.36. The first-order valence-corrected chi connectivity index (χ1v) is 5.89. The van der Waals surface area contributed by atoms with Crippen LogP contribution in [0.1, 0.15) is 38.6 Å². The summed E-state index contributed by atoms with van der Waals surface area (Å²) in [4.78, 5) is 0. The fourth-order valence-corrected chi connectivity index (χ4v) is 1.55. The van der Waals surface area contributed by atoms with E-state index in [1.807, 2.05) is 11.6 Å². The maximum atomic E-state index is 5.38. The maximum absolute atomic E-state index is 5.38. The minimum absolute atomic E-state index is 0.186. The molecule has 6 heteroatoms. The fraction of sp³-hybridized carbons (Fsp3) is 0.900. The first kappa shape index (κ1) is 11.5. The molecule has 0 bridgehead atoms. The van der Waals surface area contributed by atoms with Gasteiger partial charge in [-0.05, 0) is 37.1 Å². The summed E-state index contributed by atoms with van der Waals surface area (Å²) in [6.07, 6.45) is 2.55. The topological polar surface area (TPSA) is 64.9 Å². The second-order valence-corrected chi connectivity index (χ2v) is 4.20. The Bertz CT molecular complexity index is 323.